The van der Waals surface area contributed by atoms with Gasteiger partial charge in [-0.2, -0.15) is 5.26 Å². The second-order valence-electron chi connectivity index (χ2n) is 4.09. The van der Waals surface area contributed by atoms with Crippen LogP contribution in [0.5, 0.6) is 0 Å². The Bertz CT molecular complexity index is 566. The first kappa shape index (κ1) is 12.5. The highest BCUT2D eigenvalue weighted by Crippen LogP contribution is 2.40. The molecule has 1 aliphatic rings. The van der Waals surface area contributed by atoms with Crippen molar-refractivity contribution in [2.75, 3.05) is 0 Å². The third-order valence-corrected chi connectivity index (χ3v) is 3.89. The van der Waals surface area contributed by atoms with Gasteiger partial charge in [0.25, 0.3) is 0 Å². The van der Waals surface area contributed by atoms with Crippen LogP contribution in [0.15, 0.2) is 28.8 Å². The van der Waals surface area contributed by atoms with Crippen LogP contribution in [0.3, 0.4) is 0 Å². The molecule has 18 heavy (non-hydrogen) atoms. The Morgan fingerprint density at radius 3 is 2.83 bits per heavy atom. The molecule has 0 saturated heterocycles. The van der Waals surface area contributed by atoms with Crippen molar-refractivity contribution in [2.24, 2.45) is 5.92 Å². The summed E-state index contributed by atoms with van der Waals surface area (Å²) in [6.45, 7) is 3.13. The molecule has 0 aromatic carbocycles. The molecular formula is C13H12N2O2S. The summed E-state index contributed by atoms with van der Waals surface area (Å²) in [5.41, 5.74) is 0.500. The molecule has 0 radical (unpaired) electrons. The molecule has 1 aliphatic heterocycles. The SMILES string of the molecule is CC(=O)C1=C(C)OC(=N)C(C#N)C1c1cccs1. The minimum absolute atomic E-state index is 0.0848. The van der Waals surface area contributed by atoms with Crippen molar-refractivity contribution in [3.8, 4) is 6.07 Å². The van der Waals surface area contributed by atoms with Gasteiger partial charge in [-0.25, -0.2) is 0 Å². The molecule has 0 saturated carbocycles. The fourth-order valence-corrected chi connectivity index (χ4v) is 3.07. The van der Waals surface area contributed by atoms with Crippen LogP contribution in [-0.2, 0) is 9.53 Å². The molecule has 92 valence electrons. The zero-order valence-electron chi connectivity index (χ0n) is 10.1. The van der Waals surface area contributed by atoms with Crippen LogP contribution in [0, 0.1) is 22.7 Å². The van der Waals surface area contributed by atoms with Crippen LogP contribution >= 0.6 is 11.3 Å². The first-order valence-corrected chi connectivity index (χ1v) is 6.35. The van der Waals surface area contributed by atoms with Gasteiger partial charge < -0.3 is 4.74 Å². The van der Waals surface area contributed by atoms with Gasteiger partial charge >= 0.3 is 0 Å². The Morgan fingerprint density at radius 2 is 2.33 bits per heavy atom. The van der Waals surface area contributed by atoms with E-state index in [1.165, 1.54) is 18.3 Å². The van der Waals surface area contributed by atoms with Crippen molar-refractivity contribution in [3.05, 3.63) is 33.7 Å². The minimum atomic E-state index is -0.730. The molecule has 0 amide bonds. The van der Waals surface area contributed by atoms with Gasteiger partial charge in [-0.05, 0) is 25.3 Å². The number of ether oxygens (including phenoxy) is 1. The minimum Gasteiger partial charge on any atom is -0.446 e. The van der Waals surface area contributed by atoms with Crippen molar-refractivity contribution in [1.82, 2.24) is 0 Å². The number of allylic oxidation sites excluding steroid dienone is 2. The predicted molar refractivity (Wildman–Crippen MR) is 68.4 cm³/mol. The molecule has 1 N–H and O–H groups in total. The summed E-state index contributed by atoms with van der Waals surface area (Å²) in [6.07, 6.45) is 0. The largest absolute Gasteiger partial charge is 0.446 e. The lowest BCUT2D eigenvalue weighted by Crippen LogP contribution is -2.31. The third kappa shape index (κ3) is 1.95. The molecule has 1 aromatic rings. The average Bonchev–Trinajstić information content (AvgIpc) is 2.80. The van der Waals surface area contributed by atoms with Crippen molar-refractivity contribution in [1.29, 1.82) is 10.7 Å². The van der Waals surface area contributed by atoms with Crippen molar-refractivity contribution < 1.29 is 9.53 Å². The van der Waals surface area contributed by atoms with E-state index in [4.69, 9.17) is 10.1 Å². The van der Waals surface area contributed by atoms with E-state index in [1.54, 1.807) is 6.92 Å². The van der Waals surface area contributed by atoms with E-state index in [0.717, 1.165) is 4.88 Å². The number of carbonyl (C=O) groups is 1. The van der Waals surface area contributed by atoms with E-state index in [-0.39, 0.29) is 17.6 Å². The van der Waals surface area contributed by atoms with Crippen molar-refractivity contribution >= 4 is 23.0 Å². The topological polar surface area (TPSA) is 73.9 Å². The van der Waals surface area contributed by atoms with E-state index in [9.17, 15) is 10.1 Å². The van der Waals surface area contributed by atoms with Crippen molar-refractivity contribution in [3.63, 3.8) is 0 Å². The second-order valence-corrected chi connectivity index (χ2v) is 5.07. The number of nitrogens with one attached hydrogen (secondary N) is 1. The van der Waals surface area contributed by atoms with E-state index in [2.05, 4.69) is 6.07 Å². The molecule has 4 nitrogen and oxygen atoms in total. The molecule has 0 aliphatic carbocycles. The Labute approximate surface area is 109 Å². The van der Waals surface area contributed by atoms with E-state index < -0.39 is 5.92 Å². The highest BCUT2D eigenvalue weighted by atomic mass is 32.1. The molecule has 0 spiro atoms. The van der Waals surface area contributed by atoms with Gasteiger partial charge in [0.15, 0.2) is 5.78 Å². The lowest BCUT2D eigenvalue weighted by Gasteiger charge is -2.29. The molecule has 1 aromatic heterocycles. The Morgan fingerprint density at radius 1 is 1.61 bits per heavy atom. The summed E-state index contributed by atoms with van der Waals surface area (Å²) in [4.78, 5) is 12.7. The summed E-state index contributed by atoms with van der Waals surface area (Å²) in [5.74, 6) is -0.880. The van der Waals surface area contributed by atoms with E-state index in [0.29, 0.717) is 11.3 Å². The zero-order valence-corrected chi connectivity index (χ0v) is 10.9. The zero-order chi connectivity index (χ0) is 13.3. The van der Waals surface area contributed by atoms with Gasteiger partial charge in [0.1, 0.15) is 11.7 Å². The molecule has 5 heteroatoms. The van der Waals surface area contributed by atoms with Gasteiger partial charge in [-0.1, -0.05) is 6.07 Å². The van der Waals surface area contributed by atoms with E-state index in [1.807, 2.05) is 17.5 Å². The maximum atomic E-state index is 11.8. The number of Topliss-reactive ketones (excluding diaryl/α,β-unsaturated/α-hetero) is 1. The standard InChI is InChI=1S/C13H12N2O2S/c1-7(16)11-8(2)17-13(15)9(6-14)12(11)10-4-3-5-18-10/h3-5,9,12,15H,1-2H3. The first-order valence-electron chi connectivity index (χ1n) is 5.47. The smallest absolute Gasteiger partial charge is 0.205 e. The van der Waals surface area contributed by atoms with Crippen LogP contribution in [-0.4, -0.2) is 11.7 Å². The van der Waals surface area contributed by atoms with Crippen LogP contribution in [0.1, 0.15) is 24.6 Å². The summed E-state index contributed by atoms with van der Waals surface area (Å²) in [7, 11) is 0. The second kappa shape index (κ2) is 4.75. The Hall–Kier alpha value is -1.93. The fraction of sp³-hybridized carbons (Fsp3) is 0.308. The number of carbonyl (C=O) groups excluding carboxylic acids is 1. The molecule has 2 atom stereocenters. The van der Waals surface area contributed by atoms with Gasteiger partial charge in [0.05, 0.1) is 6.07 Å². The number of hydrogen-bond acceptors (Lipinski definition) is 5. The van der Waals surface area contributed by atoms with Gasteiger partial charge in [0, 0.05) is 16.4 Å². The number of nitrogens with zero attached hydrogens (tertiary/aromatic N) is 1. The number of thiophene rings is 1. The van der Waals surface area contributed by atoms with Crippen LogP contribution in [0.4, 0.5) is 0 Å². The monoisotopic (exact) mass is 260 g/mol. The average molecular weight is 260 g/mol. The lowest BCUT2D eigenvalue weighted by atomic mass is 9.81. The summed E-state index contributed by atoms with van der Waals surface area (Å²) in [5, 5.41) is 18.9. The van der Waals surface area contributed by atoms with Gasteiger partial charge in [-0.3, -0.25) is 10.2 Å². The highest BCUT2D eigenvalue weighted by Gasteiger charge is 2.39. The number of rotatable bonds is 2. The van der Waals surface area contributed by atoms with Crippen LogP contribution in [0.25, 0.3) is 0 Å². The summed E-state index contributed by atoms with van der Waals surface area (Å²) < 4.78 is 5.22. The third-order valence-electron chi connectivity index (χ3n) is 2.94. The Kier molecular flexibility index (Phi) is 3.30. The van der Waals surface area contributed by atoms with E-state index >= 15 is 0 Å². The van der Waals surface area contributed by atoms with Gasteiger partial charge in [-0.15, -0.1) is 11.3 Å². The first-order chi connectivity index (χ1) is 8.56. The van der Waals surface area contributed by atoms with Crippen molar-refractivity contribution in [2.45, 2.75) is 19.8 Å². The maximum Gasteiger partial charge on any atom is 0.205 e. The predicted octanol–water partition coefficient (Wildman–Crippen LogP) is 2.84. The molecule has 0 fully saturated rings. The number of nitriles is 1. The van der Waals surface area contributed by atoms with Crippen LogP contribution in [0.2, 0.25) is 0 Å². The van der Waals surface area contributed by atoms with Gasteiger partial charge in [0.2, 0.25) is 5.90 Å². The molecule has 2 heterocycles. The Balaban J connectivity index is 2.60. The summed E-state index contributed by atoms with van der Waals surface area (Å²) in [6, 6.07) is 5.83. The summed E-state index contributed by atoms with van der Waals surface area (Å²) >= 11 is 1.48. The quantitative estimate of drug-likeness (QED) is 0.888. The maximum absolute atomic E-state index is 11.8. The molecule has 2 unspecified atom stereocenters. The fourth-order valence-electron chi connectivity index (χ4n) is 2.20. The lowest BCUT2D eigenvalue weighted by molar-refractivity contribution is -0.114. The normalized spacial score (nSPS) is 23.5. The highest BCUT2D eigenvalue weighted by molar-refractivity contribution is 7.10. The van der Waals surface area contributed by atoms with Crippen LogP contribution < -0.4 is 0 Å². The molecule has 0 bridgehead atoms. The number of hydrogen-bond donors (Lipinski definition) is 1. The molecule has 2 rings (SSSR count). The number of ketones is 1. The molecular weight excluding hydrogens is 248 g/mol.